The van der Waals surface area contributed by atoms with Gasteiger partial charge in [0.05, 0.1) is 0 Å². The number of aryl methyl sites for hydroxylation is 2. The van der Waals surface area contributed by atoms with Crippen LogP contribution in [0.5, 0.6) is 0 Å². The van der Waals surface area contributed by atoms with Gasteiger partial charge in [-0.2, -0.15) is 0 Å². The van der Waals surface area contributed by atoms with E-state index in [1.807, 2.05) is 25.0 Å². The van der Waals surface area contributed by atoms with E-state index in [-0.39, 0.29) is 5.91 Å². The van der Waals surface area contributed by atoms with Gasteiger partial charge in [0.2, 0.25) is 5.91 Å². The Labute approximate surface area is 153 Å². The molecule has 0 aliphatic carbocycles. The maximum atomic E-state index is 12.6. The van der Waals surface area contributed by atoms with Gasteiger partial charge in [0.15, 0.2) is 5.16 Å². The Morgan fingerprint density at radius 2 is 1.76 bits per heavy atom. The second-order valence-electron chi connectivity index (χ2n) is 6.60. The van der Waals surface area contributed by atoms with Crippen molar-refractivity contribution >= 4 is 17.7 Å². The summed E-state index contributed by atoms with van der Waals surface area (Å²) in [6.45, 7) is 5.72. The topological polar surface area (TPSA) is 51.0 Å². The number of likely N-dealkylation sites (tertiary alicyclic amines) is 1. The van der Waals surface area contributed by atoms with E-state index >= 15 is 0 Å². The predicted molar refractivity (Wildman–Crippen MR) is 101 cm³/mol. The molecule has 1 amide bonds. The minimum absolute atomic E-state index is 0.249. The molecule has 0 saturated carbocycles. The van der Waals surface area contributed by atoms with Gasteiger partial charge in [-0.15, -0.1) is 0 Å². The van der Waals surface area contributed by atoms with E-state index in [9.17, 15) is 4.79 Å². The van der Waals surface area contributed by atoms with Gasteiger partial charge in [-0.05, 0) is 57.1 Å². The average molecular weight is 359 g/mol. The summed E-state index contributed by atoms with van der Waals surface area (Å²) >= 11 is 1.55. The lowest BCUT2D eigenvalue weighted by molar-refractivity contribution is -0.132. The zero-order chi connectivity index (χ0) is 17.8. The number of amides is 1. The summed E-state index contributed by atoms with van der Waals surface area (Å²) in [5, 5.41) is 0.803. The zero-order valence-electron chi connectivity index (χ0n) is 15.2. The van der Waals surface area contributed by atoms with E-state index in [2.05, 4.69) is 39.1 Å². The first-order valence-electron chi connectivity index (χ1n) is 8.87. The van der Waals surface area contributed by atoms with Crippen LogP contribution in [0.15, 0.2) is 29.7 Å². The molecule has 0 N–H and O–H groups in total. The highest BCUT2D eigenvalue weighted by atomic mass is 32.2. The van der Waals surface area contributed by atoms with E-state index in [4.69, 9.17) is 0 Å². The molecule has 0 atom stereocenters. The largest absolute Gasteiger partial charge is 0.351 e. The zero-order valence-corrected chi connectivity index (χ0v) is 16.1. The lowest BCUT2D eigenvalue weighted by Gasteiger charge is -2.33. The number of rotatable bonds is 5. The smallest absolute Gasteiger partial charge is 0.222 e. The molecule has 1 aliphatic rings. The van der Waals surface area contributed by atoms with Gasteiger partial charge < -0.3 is 9.47 Å². The fourth-order valence-corrected chi connectivity index (χ4v) is 4.01. The number of piperidine rings is 1. The molecule has 0 spiro atoms. The summed E-state index contributed by atoms with van der Waals surface area (Å²) in [4.78, 5) is 23.6. The number of hydrogen-bond acceptors (Lipinski definition) is 4. The van der Waals surface area contributed by atoms with Gasteiger partial charge in [0, 0.05) is 49.3 Å². The molecule has 1 fully saturated rings. The average Bonchev–Trinajstić information content (AvgIpc) is 3.15. The molecule has 1 aliphatic heterocycles. The second-order valence-corrected chi connectivity index (χ2v) is 7.38. The summed E-state index contributed by atoms with van der Waals surface area (Å²) in [6.07, 6.45) is 9.54. The lowest BCUT2D eigenvalue weighted by Crippen LogP contribution is -2.39. The van der Waals surface area contributed by atoms with Crippen LogP contribution in [0.3, 0.4) is 0 Å². The molecule has 2 aromatic rings. The molecule has 0 radical (unpaired) electrons. The molecule has 134 valence electrons. The van der Waals surface area contributed by atoms with Crippen molar-refractivity contribution in [3.63, 3.8) is 0 Å². The first-order valence-corrected chi connectivity index (χ1v) is 10.1. The Bertz CT molecular complexity index is 698. The molecule has 25 heavy (non-hydrogen) atoms. The van der Waals surface area contributed by atoms with E-state index in [1.54, 1.807) is 11.8 Å². The molecular formula is C19H26N4OS. The maximum absolute atomic E-state index is 12.6. The fraction of sp³-hybridized carbons (Fsp3) is 0.526. The van der Waals surface area contributed by atoms with E-state index in [1.165, 1.54) is 0 Å². The van der Waals surface area contributed by atoms with Crippen molar-refractivity contribution in [1.82, 2.24) is 19.4 Å². The number of nitrogens with zero attached hydrogens (tertiary/aromatic N) is 4. The Morgan fingerprint density at radius 1 is 1.16 bits per heavy atom. The van der Waals surface area contributed by atoms with Gasteiger partial charge in [-0.25, -0.2) is 9.97 Å². The summed E-state index contributed by atoms with van der Waals surface area (Å²) in [5.74, 6) is 0.249. The number of hydrogen-bond donors (Lipinski definition) is 0. The summed E-state index contributed by atoms with van der Waals surface area (Å²) in [6, 6.07) is 4.65. The number of carbonyl (C=O) groups is 1. The standard InChI is InChI=1S/C19H26N4OS/c1-14-17(15(2)21-19(20-14)25-3)6-7-18(24)23-12-8-16(9-13-23)22-10-4-5-11-22/h4-5,10-11,16H,6-9,12-13H2,1-3H3. The highest BCUT2D eigenvalue weighted by molar-refractivity contribution is 7.98. The van der Waals surface area contributed by atoms with Crippen molar-refractivity contribution in [2.75, 3.05) is 19.3 Å². The second kappa shape index (κ2) is 8.04. The van der Waals surface area contributed by atoms with Crippen molar-refractivity contribution in [3.05, 3.63) is 41.5 Å². The first-order chi connectivity index (χ1) is 12.1. The Hall–Kier alpha value is -1.82. The maximum Gasteiger partial charge on any atom is 0.222 e. The molecule has 2 aromatic heterocycles. The summed E-state index contributed by atoms with van der Waals surface area (Å²) in [5.41, 5.74) is 3.11. The van der Waals surface area contributed by atoms with Crippen LogP contribution < -0.4 is 0 Å². The van der Waals surface area contributed by atoms with Gasteiger partial charge in [0.25, 0.3) is 0 Å². The number of aromatic nitrogens is 3. The predicted octanol–water partition coefficient (Wildman–Crippen LogP) is 3.41. The molecule has 5 nitrogen and oxygen atoms in total. The molecular weight excluding hydrogens is 332 g/mol. The van der Waals surface area contributed by atoms with E-state index < -0.39 is 0 Å². The van der Waals surface area contributed by atoms with Crippen LogP contribution in [0.1, 0.15) is 42.3 Å². The number of carbonyl (C=O) groups excluding carboxylic acids is 1. The monoisotopic (exact) mass is 358 g/mol. The van der Waals surface area contributed by atoms with Gasteiger partial charge >= 0.3 is 0 Å². The van der Waals surface area contributed by atoms with Gasteiger partial charge in [0.1, 0.15) is 0 Å². The van der Waals surface area contributed by atoms with Crippen LogP contribution in [0.4, 0.5) is 0 Å². The van der Waals surface area contributed by atoms with E-state index in [0.29, 0.717) is 12.5 Å². The van der Waals surface area contributed by atoms with E-state index in [0.717, 1.165) is 54.5 Å². The van der Waals surface area contributed by atoms with Crippen molar-refractivity contribution < 1.29 is 4.79 Å². The van der Waals surface area contributed by atoms with Crippen LogP contribution in [0.25, 0.3) is 0 Å². The highest BCUT2D eigenvalue weighted by Gasteiger charge is 2.23. The molecule has 3 heterocycles. The normalized spacial score (nSPS) is 15.6. The molecule has 0 aromatic carbocycles. The van der Waals surface area contributed by atoms with Crippen molar-refractivity contribution in [2.45, 2.75) is 50.7 Å². The Morgan fingerprint density at radius 3 is 2.32 bits per heavy atom. The molecule has 1 saturated heterocycles. The molecule has 6 heteroatoms. The minimum atomic E-state index is 0.249. The van der Waals surface area contributed by atoms with Crippen molar-refractivity contribution in [3.8, 4) is 0 Å². The van der Waals surface area contributed by atoms with Gasteiger partial charge in [-0.1, -0.05) is 11.8 Å². The van der Waals surface area contributed by atoms with Crippen molar-refractivity contribution in [1.29, 1.82) is 0 Å². The quantitative estimate of drug-likeness (QED) is 0.607. The first kappa shape index (κ1) is 18.0. The lowest BCUT2D eigenvalue weighted by atomic mass is 10.0. The number of thioether (sulfide) groups is 1. The Kier molecular flexibility index (Phi) is 5.78. The van der Waals surface area contributed by atoms with Crippen LogP contribution >= 0.6 is 11.8 Å². The van der Waals surface area contributed by atoms with Crippen LogP contribution in [-0.2, 0) is 11.2 Å². The third-order valence-corrected chi connectivity index (χ3v) is 5.59. The molecule has 3 rings (SSSR count). The molecule has 0 bridgehead atoms. The molecule has 0 unspecified atom stereocenters. The third kappa shape index (κ3) is 4.24. The van der Waals surface area contributed by atoms with Crippen molar-refractivity contribution in [2.24, 2.45) is 0 Å². The fourth-order valence-electron chi connectivity index (χ4n) is 3.56. The van der Waals surface area contributed by atoms with Gasteiger partial charge in [-0.3, -0.25) is 4.79 Å². The van der Waals surface area contributed by atoms with Crippen LogP contribution in [-0.4, -0.2) is 44.7 Å². The van der Waals surface area contributed by atoms with Crippen LogP contribution in [0, 0.1) is 13.8 Å². The third-order valence-electron chi connectivity index (χ3n) is 5.04. The summed E-state index contributed by atoms with van der Waals surface area (Å²) < 4.78 is 2.26. The Balaban J connectivity index is 1.54. The highest BCUT2D eigenvalue weighted by Crippen LogP contribution is 2.23. The summed E-state index contributed by atoms with van der Waals surface area (Å²) in [7, 11) is 0. The SMILES string of the molecule is CSc1nc(C)c(CCC(=O)N2CCC(n3cccc3)CC2)c(C)n1. The minimum Gasteiger partial charge on any atom is -0.351 e. The van der Waals surface area contributed by atoms with Crippen LogP contribution in [0.2, 0.25) is 0 Å².